The largest absolute Gasteiger partial charge is 0.477 e. The van der Waals surface area contributed by atoms with E-state index in [0.29, 0.717) is 0 Å². The molecule has 0 aliphatic rings. The fraction of sp³-hybridized carbons (Fsp3) is 0.200. The van der Waals surface area contributed by atoms with Crippen LogP contribution < -0.4 is 0 Å². The summed E-state index contributed by atoms with van der Waals surface area (Å²) in [6.07, 6.45) is 0. The zero-order valence-electron chi connectivity index (χ0n) is 5.09. The summed E-state index contributed by atoms with van der Waals surface area (Å²) in [6, 6.07) is 0. The van der Waals surface area contributed by atoms with Gasteiger partial charge in [0.05, 0.1) is 0 Å². The van der Waals surface area contributed by atoms with Gasteiger partial charge in [-0.25, -0.2) is 4.79 Å². The standard InChI is InChI=1S/C5H4ClNO3/c1-2-3(5(8)9)4(6)7-10-2/h1H3,(H,8,9). The average Bonchev–Trinajstić information content (AvgIpc) is 2.11. The fourth-order valence-corrected chi connectivity index (χ4v) is 0.832. The minimum atomic E-state index is -1.12. The maximum absolute atomic E-state index is 10.3. The normalized spacial score (nSPS) is 9.80. The van der Waals surface area contributed by atoms with E-state index in [-0.39, 0.29) is 16.5 Å². The number of rotatable bonds is 1. The van der Waals surface area contributed by atoms with E-state index in [1.807, 2.05) is 0 Å². The Bertz CT molecular complexity index is 248. The minimum Gasteiger partial charge on any atom is -0.477 e. The number of halogens is 1. The van der Waals surface area contributed by atoms with Gasteiger partial charge in [-0.15, -0.1) is 0 Å². The number of aromatic nitrogens is 1. The van der Waals surface area contributed by atoms with Gasteiger partial charge in [-0.2, -0.15) is 0 Å². The molecule has 0 spiro atoms. The van der Waals surface area contributed by atoms with Gasteiger partial charge in [0, 0.05) is 0 Å². The topological polar surface area (TPSA) is 63.3 Å². The summed E-state index contributed by atoms with van der Waals surface area (Å²) in [5.74, 6) is -0.902. The third kappa shape index (κ3) is 0.974. The van der Waals surface area contributed by atoms with Crippen LogP contribution in [-0.2, 0) is 0 Å². The highest BCUT2D eigenvalue weighted by Gasteiger charge is 2.17. The van der Waals surface area contributed by atoms with Crippen LogP contribution in [0.2, 0.25) is 5.15 Å². The van der Waals surface area contributed by atoms with E-state index in [1.165, 1.54) is 6.92 Å². The molecule has 54 valence electrons. The lowest BCUT2D eigenvalue weighted by Gasteiger charge is -1.85. The Labute approximate surface area is 61.4 Å². The smallest absolute Gasteiger partial charge is 0.342 e. The molecule has 1 aromatic rings. The molecule has 0 aliphatic heterocycles. The van der Waals surface area contributed by atoms with Crippen molar-refractivity contribution in [1.29, 1.82) is 0 Å². The highest BCUT2D eigenvalue weighted by Crippen LogP contribution is 2.17. The first-order valence-electron chi connectivity index (χ1n) is 2.48. The molecule has 0 atom stereocenters. The van der Waals surface area contributed by atoms with Crippen molar-refractivity contribution < 1.29 is 14.4 Å². The summed E-state index contributed by atoms with van der Waals surface area (Å²) in [7, 11) is 0. The van der Waals surface area contributed by atoms with Gasteiger partial charge in [0.25, 0.3) is 0 Å². The third-order valence-corrected chi connectivity index (χ3v) is 1.29. The van der Waals surface area contributed by atoms with E-state index < -0.39 is 5.97 Å². The van der Waals surface area contributed by atoms with Gasteiger partial charge in [-0.3, -0.25) is 0 Å². The zero-order chi connectivity index (χ0) is 7.72. The first kappa shape index (κ1) is 7.08. The molecule has 1 aromatic heterocycles. The number of carbonyl (C=O) groups is 1. The molecule has 5 heteroatoms. The lowest BCUT2D eigenvalue weighted by molar-refractivity contribution is 0.0695. The number of carboxylic acids is 1. The molecule has 0 aliphatic carbocycles. The van der Waals surface area contributed by atoms with E-state index in [9.17, 15) is 4.79 Å². The van der Waals surface area contributed by atoms with Gasteiger partial charge in [-0.1, -0.05) is 16.8 Å². The van der Waals surface area contributed by atoms with Gasteiger partial charge < -0.3 is 9.63 Å². The summed E-state index contributed by atoms with van der Waals surface area (Å²) in [6.45, 7) is 1.49. The predicted molar refractivity (Wildman–Crippen MR) is 33.2 cm³/mol. The van der Waals surface area contributed by atoms with Crippen molar-refractivity contribution >= 4 is 17.6 Å². The Balaban J connectivity index is 3.23. The molecule has 0 saturated carbocycles. The number of aromatic carboxylic acids is 1. The maximum Gasteiger partial charge on any atom is 0.342 e. The second-order valence-electron chi connectivity index (χ2n) is 1.71. The summed E-state index contributed by atoms with van der Waals surface area (Å²) in [5, 5.41) is 11.6. The van der Waals surface area contributed by atoms with Crippen LogP contribution in [0.25, 0.3) is 0 Å². The van der Waals surface area contributed by atoms with Crippen LogP contribution in [0.3, 0.4) is 0 Å². The summed E-state index contributed by atoms with van der Waals surface area (Å²) in [4.78, 5) is 10.3. The molecule has 0 unspecified atom stereocenters. The van der Waals surface area contributed by atoms with Crippen molar-refractivity contribution in [2.75, 3.05) is 0 Å². The van der Waals surface area contributed by atoms with Gasteiger partial charge in [0.15, 0.2) is 5.15 Å². The molecule has 0 bridgehead atoms. The van der Waals surface area contributed by atoms with Crippen LogP contribution in [-0.4, -0.2) is 16.2 Å². The van der Waals surface area contributed by atoms with E-state index in [2.05, 4.69) is 9.68 Å². The number of carboxylic acid groups (broad SMARTS) is 1. The van der Waals surface area contributed by atoms with E-state index >= 15 is 0 Å². The first-order valence-corrected chi connectivity index (χ1v) is 2.85. The summed E-state index contributed by atoms with van der Waals surface area (Å²) in [5.41, 5.74) is -0.0679. The van der Waals surface area contributed by atoms with Crippen LogP contribution in [0.1, 0.15) is 16.1 Å². The first-order chi connectivity index (χ1) is 4.63. The van der Waals surface area contributed by atoms with Gasteiger partial charge in [-0.05, 0) is 6.92 Å². The monoisotopic (exact) mass is 161 g/mol. The van der Waals surface area contributed by atoms with Gasteiger partial charge in [0.1, 0.15) is 11.3 Å². The molecule has 1 rings (SSSR count). The SMILES string of the molecule is Cc1onc(Cl)c1C(=O)O. The third-order valence-electron chi connectivity index (χ3n) is 1.03. The molecule has 0 amide bonds. The Hall–Kier alpha value is -1.03. The number of hydrogen-bond acceptors (Lipinski definition) is 3. The molecule has 0 aromatic carbocycles. The maximum atomic E-state index is 10.3. The second kappa shape index (κ2) is 2.30. The Kier molecular flexibility index (Phi) is 1.63. The molecule has 1 heterocycles. The van der Waals surface area contributed by atoms with Crippen LogP contribution >= 0.6 is 11.6 Å². The molecule has 0 saturated heterocycles. The lowest BCUT2D eigenvalue weighted by atomic mass is 10.3. The number of aryl methyl sites for hydroxylation is 1. The van der Waals surface area contributed by atoms with Crippen molar-refractivity contribution in [3.8, 4) is 0 Å². The van der Waals surface area contributed by atoms with Crippen LogP contribution in [0.4, 0.5) is 0 Å². The predicted octanol–water partition coefficient (Wildman–Crippen LogP) is 1.33. The molecule has 4 nitrogen and oxygen atoms in total. The van der Waals surface area contributed by atoms with Crippen molar-refractivity contribution in [3.63, 3.8) is 0 Å². The van der Waals surface area contributed by atoms with Gasteiger partial charge >= 0.3 is 5.97 Å². The minimum absolute atomic E-state index is 0.0679. The molecule has 0 radical (unpaired) electrons. The highest BCUT2D eigenvalue weighted by molar-refractivity contribution is 6.32. The summed E-state index contributed by atoms with van der Waals surface area (Å²) < 4.78 is 4.49. The van der Waals surface area contributed by atoms with Crippen molar-refractivity contribution in [2.45, 2.75) is 6.92 Å². The van der Waals surface area contributed by atoms with Gasteiger partial charge in [0.2, 0.25) is 0 Å². The highest BCUT2D eigenvalue weighted by atomic mass is 35.5. The van der Waals surface area contributed by atoms with Crippen molar-refractivity contribution in [1.82, 2.24) is 5.16 Å². The van der Waals surface area contributed by atoms with Crippen LogP contribution in [0.5, 0.6) is 0 Å². The van der Waals surface area contributed by atoms with E-state index in [0.717, 1.165) is 0 Å². The quantitative estimate of drug-likeness (QED) is 0.675. The molecule has 10 heavy (non-hydrogen) atoms. The summed E-state index contributed by atoms with van der Waals surface area (Å²) >= 11 is 5.35. The average molecular weight is 162 g/mol. The number of hydrogen-bond donors (Lipinski definition) is 1. The van der Waals surface area contributed by atoms with Crippen LogP contribution in [0, 0.1) is 6.92 Å². The second-order valence-corrected chi connectivity index (χ2v) is 2.07. The zero-order valence-corrected chi connectivity index (χ0v) is 5.84. The van der Waals surface area contributed by atoms with Crippen LogP contribution in [0.15, 0.2) is 4.52 Å². The van der Waals surface area contributed by atoms with E-state index in [4.69, 9.17) is 16.7 Å². The lowest BCUT2D eigenvalue weighted by Crippen LogP contribution is -1.96. The van der Waals surface area contributed by atoms with Crippen molar-refractivity contribution in [2.24, 2.45) is 0 Å². The molecular formula is C5H4ClNO3. The molecule has 1 N–H and O–H groups in total. The number of nitrogens with zero attached hydrogens (tertiary/aromatic N) is 1. The Morgan fingerprint density at radius 2 is 2.40 bits per heavy atom. The Morgan fingerprint density at radius 1 is 1.80 bits per heavy atom. The van der Waals surface area contributed by atoms with Crippen molar-refractivity contribution in [3.05, 3.63) is 16.5 Å². The Morgan fingerprint density at radius 3 is 2.60 bits per heavy atom. The fourth-order valence-electron chi connectivity index (χ4n) is 0.584. The molecule has 0 fully saturated rings. The van der Waals surface area contributed by atoms with E-state index in [1.54, 1.807) is 0 Å². The molecular weight excluding hydrogens is 158 g/mol.